The zero-order valence-corrected chi connectivity index (χ0v) is 20.4. The standard InChI is InChI=1S/C24H29N3O6S/c1-4-26(3)34(30,31)22-14-17-21(33-20-9-7-6-8-18(20)25-23(17)28)15-19(22)27-12-10-16(11-13-27)24(29)32-5-2/h6-9,14-16H,4-5,10-13H2,1-3H3,(H,25,28). The minimum Gasteiger partial charge on any atom is -0.466 e. The molecule has 0 atom stereocenters. The number of carbonyl (C=O) groups is 2. The third-order valence-electron chi connectivity index (χ3n) is 6.25. The summed E-state index contributed by atoms with van der Waals surface area (Å²) in [6, 6.07) is 10.1. The summed E-state index contributed by atoms with van der Waals surface area (Å²) in [7, 11) is -2.38. The van der Waals surface area contributed by atoms with E-state index in [1.165, 1.54) is 17.4 Å². The minimum absolute atomic E-state index is 0.0369. The van der Waals surface area contributed by atoms with Gasteiger partial charge in [-0.25, -0.2) is 12.7 Å². The minimum atomic E-state index is -3.88. The van der Waals surface area contributed by atoms with Gasteiger partial charge in [0.15, 0.2) is 5.75 Å². The molecule has 2 aliphatic rings. The quantitative estimate of drug-likeness (QED) is 0.622. The number of piperidine rings is 1. The molecule has 0 aliphatic carbocycles. The van der Waals surface area contributed by atoms with Gasteiger partial charge in [0, 0.05) is 32.7 Å². The Bertz CT molecular complexity index is 1210. The second-order valence-electron chi connectivity index (χ2n) is 8.30. The normalized spacial score (nSPS) is 16.2. The van der Waals surface area contributed by atoms with Gasteiger partial charge in [0.05, 0.1) is 29.5 Å². The van der Waals surface area contributed by atoms with Gasteiger partial charge in [-0.15, -0.1) is 0 Å². The fourth-order valence-electron chi connectivity index (χ4n) is 4.19. The van der Waals surface area contributed by atoms with Crippen molar-refractivity contribution in [2.24, 2.45) is 5.92 Å². The summed E-state index contributed by atoms with van der Waals surface area (Å²) < 4.78 is 39.3. The Hall–Kier alpha value is -3.11. The van der Waals surface area contributed by atoms with Gasteiger partial charge in [0.25, 0.3) is 5.91 Å². The molecule has 182 valence electrons. The Balaban J connectivity index is 1.77. The zero-order chi connectivity index (χ0) is 24.5. The average Bonchev–Trinajstić information content (AvgIpc) is 2.98. The van der Waals surface area contributed by atoms with Crippen molar-refractivity contribution in [1.29, 1.82) is 0 Å². The third-order valence-corrected chi connectivity index (χ3v) is 8.21. The van der Waals surface area contributed by atoms with E-state index in [2.05, 4.69) is 5.32 Å². The van der Waals surface area contributed by atoms with Crippen LogP contribution in [0.3, 0.4) is 0 Å². The number of sulfonamides is 1. The van der Waals surface area contributed by atoms with Crippen molar-refractivity contribution in [2.75, 3.05) is 43.5 Å². The fraction of sp³-hybridized carbons (Fsp3) is 0.417. The van der Waals surface area contributed by atoms with E-state index in [9.17, 15) is 18.0 Å². The molecule has 10 heteroatoms. The van der Waals surface area contributed by atoms with Crippen LogP contribution in [0.5, 0.6) is 11.5 Å². The summed E-state index contributed by atoms with van der Waals surface area (Å²) in [6.07, 6.45) is 1.09. The molecule has 0 radical (unpaired) electrons. The highest BCUT2D eigenvalue weighted by molar-refractivity contribution is 7.89. The zero-order valence-electron chi connectivity index (χ0n) is 19.5. The van der Waals surface area contributed by atoms with Crippen LogP contribution < -0.4 is 15.0 Å². The lowest BCUT2D eigenvalue weighted by Crippen LogP contribution is -2.38. The first-order chi connectivity index (χ1) is 16.3. The maximum absolute atomic E-state index is 13.4. The first kappa shape index (κ1) is 24.0. The van der Waals surface area contributed by atoms with Crippen LogP contribution in [-0.2, 0) is 19.6 Å². The maximum atomic E-state index is 13.4. The highest BCUT2D eigenvalue weighted by Gasteiger charge is 2.33. The molecule has 34 heavy (non-hydrogen) atoms. The van der Waals surface area contributed by atoms with Gasteiger partial charge in [-0.05, 0) is 38.0 Å². The number of nitrogens with zero attached hydrogens (tertiary/aromatic N) is 2. The van der Waals surface area contributed by atoms with E-state index >= 15 is 0 Å². The van der Waals surface area contributed by atoms with E-state index in [1.54, 1.807) is 44.2 Å². The Labute approximate surface area is 199 Å². The molecular weight excluding hydrogens is 458 g/mol. The molecule has 1 fully saturated rings. The summed E-state index contributed by atoms with van der Waals surface area (Å²) in [5.41, 5.74) is 1.11. The van der Waals surface area contributed by atoms with Crippen molar-refractivity contribution in [3.05, 3.63) is 42.0 Å². The van der Waals surface area contributed by atoms with Crippen LogP contribution in [0.15, 0.2) is 41.3 Å². The van der Waals surface area contributed by atoms with Crippen LogP contribution in [0.4, 0.5) is 11.4 Å². The molecule has 0 unspecified atom stereocenters. The van der Waals surface area contributed by atoms with Gasteiger partial charge in [0.2, 0.25) is 10.0 Å². The summed E-state index contributed by atoms with van der Waals surface area (Å²) in [5.74, 6) is -0.127. The number of anilines is 2. The average molecular weight is 488 g/mol. The topological polar surface area (TPSA) is 105 Å². The number of nitrogens with one attached hydrogen (secondary N) is 1. The van der Waals surface area contributed by atoms with Crippen molar-refractivity contribution in [2.45, 2.75) is 31.6 Å². The van der Waals surface area contributed by atoms with Gasteiger partial charge >= 0.3 is 5.97 Å². The molecule has 2 heterocycles. The van der Waals surface area contributed by atoms with E-state index in [4.69, 9.17) is 9.47 Å². The number of carbonyl (C=O) groups excluding carboxylic acids is 2. The van der Waals surface area contributed by atoms with Crippen molar-refractivity contribution in [3.63, 3.8) is 0 Å². The smallest absolute Gasteiger partial charge is 0.309 e. The van der Waals surface area contributed by atoms with Gasteiger partial charge in [-0.2, -0.15) is 0 Å². The third kappa shape index (κ3) is 4.47. The van der Waals surface area contributed by atoms with Gasteiger partial charge in [-0.1, -0.05) is 19.1 Å². The Morgan fingerprint density at radius 1 is 1.18 bits per heavy atom. The first-order valence-electron chi connectivity index (χ1n) is 11.4. The predicted octanol–water partition coefficient (Wildman–Crippen LogP) is 3.46. The number of hydrogen-bond acceptors (Lipinski definition) is 7. The van der Waals surface area contributed by atoms with Crippen LogP contribution in [0.2, 0.25) is 0 Å². The van der Waals surface area contributed by atoms with E-state index < -0.39 is 15.9 Å². The molecule has 0 spiro atoms. The molecule has 4 rings (SSSR count). The predicted molar refractivity (Wildman–Crippen MR) is 128 cm³/mol. The van der Waals surface area contributed by atoms with Crippen molar-refractivity contribution < 1.29 is 27.5 Å². The lowest BCUT2D eigenvalue weighted by Gasteiger charge is -2.34. The summed E-state index contributed by atoms with van der Waals surface area (Å²) in [4.78, 5) is 27.1. The Morgan fingerprint density at radius 3 is 2.56 bits per heavy atom. The largest absolute Gasteiger partial charge is 0.466 e. The number of para-hydroxylation sites is 2. The number of hydrogen-bond donors (Lipinski definition) is 1. The Kier molecular flexibility index (Phi) is 6.81. The summed E-state index contributed by atoms with van der Waals surface area (Å²) in [6.45, 7) is 5.08. The van der Waals surface area contributed by atoms with Gasteiger partial charge in [0.1, 0.15) is 10.6 Å². The fourth-order valence-corrected chi connectivity index (χ4v) is 5.58. The van der Waals surface area contributed by atoms with Gasteiger partial charge in [-0.3, -0.25) is 9.59 Å². The SMILES string of the molecule is CCOC(=O)C1CCN(c2cc3c(cc2S(=O)(=O)N(C)CC)C(=O)Nc2ccccc2O3)CC1. The van der Waals surface area contributed by atoms with E-state index in [0.29, 0.717) is 49.7 Å². The number of rotatable bonds is 6. The molecule has 1 saturated heterocycles. The van der Waals surface area contributed by atoms with E-state index in [0.717, 1.165) is 0 Å². The molecule has 9 nitrogen and oxygen atoms in total. The molecule has 0 aromatic heterocycles. The number of esters is 1. The monoisotopic (exact) mass is 487 g/mol. The van der Waals surface area contributed by atoms with Crippen LogP contribution in [0.1, 0.15) is 37.0 Å². The van der Waals surface area contributed by atoms with E-state index in [1.807, 2.05) is 4.90 Å². The van der Waals surface area contributed by atoms with Crippen LogP contribution in [0, 0.1) is 5.92 Å². The first-order valence-corrected chi connectivity index (χ1v) is 12.8. The highest BCUT2D eigenvalue weighted by Crippen LogP contribution is 2.41. The molecule has 0 saturated carbocycles. The lowest BCUT2D eigenvalue weighted by molar-refractivity contribution is -0.148. The molecule has 2 aromatic carbocycles. The molecule has 1 amide bonds. The van der Waals surface area contributed by atoms with Crippen molar-refractivity contribution in [3.8, 4) is 11.5 Å². The maximum Gasteiger partial charge on any atom is 0.309 e. The summed E-state index contributed by atoms with van der Waals surface area (Å²) in [5, 5.41) is 2.79. The summed E-state index contributed by atoms with van der Waals surface area (Å²) >= 11 is 0. The van der Waals surface area contributed by atoms with Gasteiger partial charge < -0.3 is 19.7 Å². The van der Waals surface area contributed by atoms with Crippen molar-refractivity contribution in [1.82, 2.24) is 4.31 Å². The second kappa shape index (κ2) is 9.63. The van der Waals surface area contributed by atoms with E-state index in [-0.39, 0.29) is 34.6 Å². The molecule has 0 bridgehead atoms. The number of fused-ring (bicyclic) bond motifs is 2. The number of ether oxygens (including phenoxy) is 2. The number of benzene rings is 2. The van der Waals surface area contributed by atoms with Crippen LogP contribution in [0.25, 0.3) is 0 Å². The van der Waals surface area contributed by atoms with Crippen molar-refractivity contribution >= 4 is 33.3 Å². The molecule has 2 aliphatic heterocycles. The van der Waals surface area contributed by atoms with Crippen LogP contribution >= 0.6 is 0 Å². The second-order valence-corrected chi connectivity index (χ2v) is 10.3. The lowest BCUT2D eigenvalue weighted by atomic mass is 9.96. The highest BCUT2D eigenvalue weighted by atomic mass is 32.2. The number of amides is 1. The molecule has 1 N–H and O–H groups in total. The van der Waals surface area contributed by atoms with Crippen LogP contribution in [-0.4, -0.2) is 57.9 Å². The molecule has 2 aromatic rings. The molecular formula is C24H29N3O6S. The Morgan fingerprint density at radius 2 is 1.88 bits per heavy atom.